The van der Waals surface area contributed by atoms with E-state index in [9.17, 15) is 0 Å². The Kier molecular flexibility index (Phi) is 5.12. The Labute approximate surface area is 163 Å². The highest BCUT2D eigenvalue weighted by atomic mass is 16.5. The van der Waals surface area contributed by atoms with Gasteiger partial charge in [-0.15, -0.1) is 0 Å². The van der Waals surface area contributed by atoms with Gasteiger partial charge in [-0.2, -0.15) is 0 Å². The summed E-state index contributed by atoms with van der Waals surface area (Å²) in [5, 5.41) is 4.45. The predicted molar refractivity (Wildman–Crippen MR) is 116 cm³/mol. The van der Waals surface area contributed by atoms with E-state index in [0.717, 1.165) is 45.9 Å². The van der Waals surface area contributed by atoms with Crippen molar-refractivity contribution >= 4 is 21.5 Å². The van der Waals surface area contributed by atoms with Crippen molar-refractivity contribution in [2.75, 3.05) is 0 Å². The zero-order valence-electron chi connectivity index (χ0n) is 17.8. The fraction of sp³-hybridized carbons (Fsp3) is 0.440. The van der Waals surface area contributed by atoms with E-state index in [4.69, 9.17) is 9.47 Å². The predicted octanol–water partition coefficient (Wildman–Crippen LogP) is 7.44. The van der Waals surface area contributed by atoms with E-state index in [0.29, 0.717) is 0 Å². The Morgan fingerprint density at radius 2 is 1.11 bits per heavy atom. The number of fused-ring (bicyclic) bond motifs is 2. The summed E-state index contributed by atoms with van der Waals surface area (Å²) < 4.78 is 13.2. The first-order valence-electron chi connectivity index (χ1n) is 10.0. The molecule has 0 aliphatic rings. The fourth-order valence-electron chi connectivity index (χ4n) is 3.13. The van der Waals surface area contributed by atoms with E-state index in [-0.39, 0.29) is 11.2 Å². The maximum Gasteiger partial charge on any atom is 0.136 e. The minimum absolute atomic E-state index is 0.231. The first-order valence-corrected chi connectivity index (χ1v) is 10.0. The lowest BCUT2D eigenvalue weighted by atomic mass is 9.97. The Balaban J connectivity index is 2.39. The normalized spacial score (nSPS) is 12.6. The number of benzene rings is 3. The Hall–Kier alpha value is -2.22. The van der Waals surface area contributed by atoms with Crippen molar-refractivity contribution in [2.24, 2.45) is 0 Å². The van der Waals surface area contributed by atoms with Gasteiger partial charge in [-0.3, -0.25) is 0 Å². The van der Waals surface area contributed by atoms with E-state index >= 15 is 0 Å². The highest BCUT2D eigenvalue weighted by Gasteiger charge is 2.25. The molecule has 0 fully saturated rings. The molecule has 0 aliphatic heterocycles. The number of hydrogen-bond donors (Lipinski definition) is 0. The van der Waals surface area contributed by atoms with Gasteiger partial charge in [0.05, 0.1) is 0 Å². The Bertz CT molecular complexity index is 967. The SMILES string of the molecule is CCC(C)(C)Oc1c2ccccc2c(OC(C)(C)CC)c2cc(C)ccc12. The van der Waals surface area contributed by atoms with Crippen LogP contribution >= 0.6 is 0 Å². The molecule has 0 saturated heterocycles. The van der Waals surface area contributed by atoms with Crippen molar-refractivity contribution in [3.63, 3.8) is 0 Å². The van der Waals surface area contributed by atoms with Gasteiger partial charge >= 0.3 is 0 Å². The molecule has 144 valence electrons. The molecule has 0 N–H and O–H groups in total. The van der Waals surface area contributed by atoms with E-state index in [1.807, 2.05) is 0 Å². The highest BCUT2D eigenvalue weighted by molar-refractivity contribution is 6.11. The fourth-order valence-corrected chi connectivity index (χ4v) is 3.13. The molecular weight excluding hydrogens is 332 g/mol. The first kappa shape index (κ1) is 19.5. The number of ether oxygens (including phenoxy) is 2. The van der Waals surface area contributed by atoms with Crippen molar-refractivity contribution in [3.8, 4) is 11.5 Å². The van der Waals surface area contributed by atoms with Gasteiger partial charge in [0.2, 0.25) is 0 Å². The monoisotopic (exact) mass is 364 g/mol. The molecule has 0 unspecified atom stereocenters. The standard InChI is InChI=1S/C25H32O2/c1-8-24(4,5)26-22-18-12-10-11-13-19(18)23(27-25(6,7)9-2)21-16-17(3)14-15-20(21)22/h10-16H,8-9H2,1-7H3. The van der Waals surface area contributed by atoms with E-state index in [2.05, 4.69) is 90.9 Å². The average Bonchev–Trinajstić information content (AvgIpc) is 2.64. The molecule has 3 aromatic carbocycles. The average molecular weight is 365 g/mol. The summed E-state index contributed by atoms with van der Waals surface area (Å²) in [7, 11) is 0. The van der Waals surface area contributed by atoms with Gasteiger partial charge in [0, 0.05) is 21.5 Å². The van der Waals surface area contributed by atoms with Crippen LogP contribution in [0.3, 0.4) is 0 Å². The molecule has 2 heteroatoms. The molecule has 3 aromatic rings. The molecule has 3 rings (SSSR count). The van der Waals surface area contributed by atoms with Gasteiger partial charge in [-0.05, 0) is 53.5 Å². The van der Waals surface area contributed by atoms with Crippen LogP contribution in [0.25, 0.3) is 21.5 Å². The van der Waals surface area contributed by atoms with Crippen LogP contribution in [0.15, 0.2) is 42.5 Å². The van der Waals surface area contributed by atoms with Crippen LogP contribution in [0.5, 0.6) is 11.5 Å². The summed E-state index contributed by atoms with van der Waals surface area (Å²) in [6.07, 6.45) is 1.88. The quantitative estimate of drug-likeness (QED) is 0.423. The van der Waals surface area contributed by atoms with Gasteiger partial charge in [-0.25, -0.2) is 0 Å². The number of rotatable bonds is 6. The molecule has 0 radical (unpaired) electrons. The largest absolute Gasteiger partial charge is 0.487 e. The third kappa shape index (κ3) is 3.90. The van der Waals surface area contributed by atoms with E-state index in [1.165, 1.54) is 5.56 Å². The summed E-state index contributed by atoms with van der Waals surface area (Å²) in [6.45, 7) is 15.0. The van der Waals surface area contributed by atoms with E-state index in [1.54, 1.807) is 0 Å². The van der Waals surface area contributed by atoms with Crippen LogP contribution < -0.4 is 9.47 Å². The van der Waals surface area contributed by atoms with Gasteiger partial charge in [0.15, 0.2) is 0 Å². The molecule has 0 spiro atoms. The van der Waals surface area contributed by atoms with Crippen molar-refractivity contribution in [1.82, 2.24) is 0 Å². The Morgan fingerprint density at radius 1 is 0.667 bits per heavy atom. The molecule has 0 aliphatic carbocycles. The van der Waals surface area contributed by atoms with Crippen molar-refractivity contribution < 1.29 is 9.47 Å². The van der Waals surface area contributed by atoms with Crippen LogP contribution in [-0.4, -0.2) is 11.2 Å². The van der Waals surface area contributed by atoms with Gasteiger partial charge in [0.25, 0.3) is 0 Å². The van der Waals surface area contributed by atoms with Crippen molar-refractivity contribution in [3.05, 3.63) is 48.0 Å². The molecule has 27 heavy (non-hydrogen) atoms. The van der Waals surface area contributed by atoms with Crippen LogP contribution in [0.1, 0.15) is 59.9 Å². The topological polar surface area (TPSA) is 18.5 Å². The zero-order chi connectivity index (χ0) is 19.8. The van der Waals surface area contributed by atoms with E-state index < -0.39 is 0 Å². The molecular formula is C25H32O2. The molecule has 0 aromatic heterocycles. The molecule has 0 saturated carbocycles. The lowest BCUT2D eigenvalue weighted by Crippen LogP contribution is -2.28. The Morgan fingerprint density at radius 3 is 1.59 bits per heavy atom. The second kappa shape index (κ2) is 7.07. The van der Waals surface area contributed by atoms with Crippen LogP contribution in [0.4, 0.5) is 0 Å². The number of hydrogen-bond acceptors (Lipinski definition) is 2. The third-order valence-electron chi connectivity index (χ3n) is 5.54. The van der Waals surface area contributed by atoms with Gasteiger partial charge in [-0.1, -0.05) is 55.8 Å². The summed E-state index contributed by atoms with van der Waals surface area (Å²) in [5.74, 6) is 1.91. The molecule has 0 bridgehead atoms. The maximum atomic E-state index is 6.59. The molecule has 0 heterocycles. The smallest absolute Gasteiger partial charge is 0.136 e. The van der Waals surface area contributed by atoms with Crippen LogP contribution in [-0.2, 0) is 0 Å². The lowest BCUT2D eigenvalue weighted by Gasteiger charge is -2.30. The van der Waals surface area contributed by atoms with Crippen molar-refractivity contribution in [2.45, 2.75) is 72.5 Å². The molecule has 0 amide bonds. The van der Waals surface area contributed by atoms with Crippen LogP contribution in [0, 0.1) is 6.92 Å². The van der Waals surface area contributed by atoms with Crippen LogP contribution in [0.2, 0.25) is 0 Å². The summed E-state index contributed by atoms with van der Waals surface area (Å²) >= 11 is 0. The van der Waals surface area contributed by atoms with Crippen molar-refractivity contribution in [1.29, 1.82) is 0 Å². The summed E-state index contributed by atoms with van der Waals surface area (Å²) in [6, 6.07) is 15.0. The second-order valence-corrected chi connectivity index (χ2v) is 8.68. The minimum atomic E-state index is -0.232. The minimum Gasteiger partial charge on any atom is -0.487 e. The third-order valence-corrected chi connectivity index (χ3v) is 5.54. The lowest BCUT2D eigenvalue weighted by molar-refractivity contribution is 0.106. The first-order chi connectivity index (χ1) is 12.7. The zero-order valence-corrected chi connectivity index (χ0v) is 17.8. The number of aryl methyl sites for hydroxylation is 1. The molecule has 2 nitrogen and oxygen atoms in total. The van der Waals surface area contributed by atoms with Gasteiger partial charge in [0.1, 0.15) is 22.7 Å². The molecule has 0 atom stereocenters. The summed E-state index contributed by atoms with van der Waals surface area (Å²) in [5.41, 5.74) is 0.758. The maximum absolute atomic E-state index is 6.59. The summed E-state index contributed by atoms with van der Waals surface area (Å²) in [4.78, 5) is 0. The van der Waals surface area contributed by atoms with Gasteiger partial charge < -0.3 is 9.47 Å². The highest BCUT2D eigenvalue weighted by Crippen LogP contribution is 2.45. The second-order valence-electron chi connectivity index (χ2n) is 8.68.